The highest BCUT2D eigenvalue weighted by atomic mass is 16.4. The molecule has 0 bridgehead atoms. The number of amidine groups is 1. The Morgan fingerprint density at radius 1 is 1.16 bits per heavy atom. The number of hydrogen-bond donors (Lipinski definition) is 3. The van der Waals surface area contributed by atoms with E-state index in [0.717, 1.165) is 12.1 Å². The maximum atomic E-state index is 8.61. The van der Waals surface area contributed by atoms with Gasteiger partial charge in [-0.1, -0.05) is 55.1 Å². The zero-order chi connectivity index (χ0) is 13.5. The fourth-order valence-corrected chi connectivity index (χ4v) is 2.60. The topological polar surface area (TPSA) is 70.6 Å². The minimum absolute atomic E-state index is 0.156. The summed E-state index contributed by atoms with van der Waals surface area (Å²) in [7, 11) is 0. The molecule has 0 saturated heterocycles. The summed E-state index contributed by atoms with van der Waals surface area (Å²) in [6, 6.07) is 8.48. The number of benzene rings is 1. The quantitative estimate of drug-likeness (QED) is 0.256. The molecule has 1 fully saturated rings. The van der Waals surface area contributed by atoms with Crippen molar-refractivity contribution in [1.82, 2.24) is 5.32 Å². The molecule has 0 radical (unpaired) electrons. The monoisotopic (exact) mass is 261 g/mol. The molecule has 19 heavy (non-hydrogen) atoms. The van der Waals surface area contributed by atoms with E-state index in [9.17, 15) is 0 Å². The van der Waals surface area contributed by atoms with Gasteiger partial charge in [-0.2, -0.15) is 0 Å². The summed E-state index contributed by atoms with van der Waals surface area (Å²) in [6.45, 7) is 0.890. The minimum Gasteiger partial charge on any atom is -0.409 e. The molecule has 4 nitrogen and oxygen atoms in total. The summed E-state index contributed by atoms with van der Waals surface area (Å²) in [4.78, 5) is 0. The number of hydrogen-bond acceptors (Lipinski definition) is 3. The third-order valence-corrected chi connectivity index (χ3v) is 3.81. The first-order valence-electron chi connectivity index (χ1n) is 7.10. The Hall–Kier alpha value is -1.55. The second kappa shape index (κ2) is 7.14. The van der Waals surface area contributed by atoms with Crippen molar-refractivity contribution in [2.24, 2.45) is 10.9 Å². The summed E-state index contributed by atoms with van der Waals surface area (Å²) in [5.41, 5.74) is 7.52. The Bertz CT molecular complexity index is 406. The summed E-state index contributed by atoms with van der Waals surface area (Å²) in [5, 5.41) is 15.2. The van der Waals surface area contributed by atoms with E-state index in [1.807, 2.05) is 24.3 Å². The summed E-state index contributed by atoms with van der Waals surface area (Å²) in [6.07, 6.45) is 8.05. The highest BCUT2D eigenvalue weighted by Gasteiger charge is 2.11. The van der Waals surface area contributed by atoms with Crippen LogP contribution in [-0.4, -0.2) is 17.1 Å². The smallest absolute Gasteiger partial charge is 0.170 e. The normalized spacial score (nSPS) is 18.2. The molecule has 0 amide bonds. The first kappa shape index (κ1) is 13.9. The van der Waals surface area contributed by atoms with Gasteiger partial charge in [0.25, 0.3) is 0 Å². The molecule has 2 rings (SSSR count). The fraction of sp³-hybridized carbons (Fsp3) is 0.533. The maximum absolute atomic E-state index is 8.61. The Morgan fingerprint density at radius 3 is 2.37 bits per heavy atom. The van der Waals surface area contributed by atoms with Gasteiger partial charge in [0.05, 0.1) is 0 Å². The molecule has 4 heteroatoms. The van der Waals surface area contributed by atoms with Crippen LogP contribution in [-0.2, 0) is 6.54 Å². The molecule has 0 aliphatic heterocycles. The SMILES string of the molecule is NC(=NO)c1ccc(CNC2CCCCCC2)cc1. The number of oxime groups is 1. The number of nitrogens with zero attached hydrogens (tertiary/aromatic N) is 1. The first-order valence-corrected chi connectivity index (χ1v) is 7.10. The fourth-order valence-electron chi connectivity index (χ4n) is 2.60. The van der Waals surface area contributed by atoms with E-state index < -0.39 is 0 Å². The molecular formula is C15H23N3O. The molecule has 1 aliphatic rings. The zero-order valence-corrected chi connectivity index (χ0v) is 11.3. The third kappa shape index (κ3) is 4.24. The second-order valence-corrected chi connectivity index (χ2v) is 5.25. The van der Waals surface area contributed by atoms with Crippen LogP contribution in [0, 0.1) is 0 Å². The van der Waals surface area contributed by atoms with Crippen LogP contribution >= 0.6 is 0 Å². The average Bonchev–Trinajstić information content (AvgIpc) is 2.73. The van der Waals surface area contributed by atoms with Gasteiger partial charge in [0.2, 0.25) is 0 Å². The second-order valence-electron chi connectivity index (χ2n) is 5.25. The summed E-state index contributed by atoms with van der Waals surface area (Å²) >= 11 is 0. The standard InChI is InChI=1S/C15H23N3O/c16-15(18-19)13-9-7-12(8-10-13)11-17-14-5-3-1-2-4-6-14/h7-10,14,17,19H,1-6,11H2,(H2,16,18). The van der Waals surface area contributed by atoms with Gasteiger partial charge in [-0.15, -0.1) is 0 Å². The molecule has 0 aromatic heterocycles. The Balaban J connectivity index is 1.85. The lowest BCUT2D eigenvalue weighted by molar-refractivity contribution is 0.318. The van der Waals surface area contributed by atoms with Crippen molar-refractivity contribution < 1.29 is 5.21 Å². The minimum atomic E-state index is 0.156. The molecule has 0 heterocycles. The van der Waals surface area contributed by atoms with Gasteiger partial charge < -0.3 is 16.3 Å². The van der Waals surface area contributed by atoms with Gasteiger partial charge in [0.15, 0.2) is 5.84 Å². The van der Waals surface area contributed by atoms with Crippen molar-refractivity contribution in [1.29, 1.82) is 0 Å². The highest BCUT2D eigenvalue weighted by Crippen LogP contribution is 2.17. The first-order chi connectivity index (χ1) is 9.29. The van der Waals surface area contributed by atoms with Crippen molar-refractivity contribution >= 4 is 5.84 Å². The van der Waals surface area contributed by atoms with Crippen molar-refractivity contribution in [3.05, 3.63) is 35.4 Å². The van der Waals surface area contributed by atoms with E-state index in [-0.39, 0.29) is 5.84 Å². The Kier molecular flexibility index (Phi) is 5.21. The lowest BCUT2D eigenvalue weighted by atomic mass is 10.1. The van der Waals surface area contributed by atoms with Crippen LogP contribution in [0.2, 0.25) is 0 Å². The van der Waals surface area contributed by atoms with E-state index >= 15 is 0 Å². The van der Waals surface area contributed by atoms with Crippen molar-refractivity contribution in [2.45, 2.75) is 51.1 Å². The highest BCUT2D eigenvalue weighted by molar-refractivity contribution is 5.96. The van der Waals surface area contributed by atoms with Crippen LogP contribution in [0.25, 0.3) is 0 Å². The van der Waals surface area contributed by atoms with Crippen LogP contribution in [0.4, 0.5) is 0 Å². The molecular weight excluding hydrogens is 238 g/mol. The van der Waals surface area contributed by atoms with Crippen molar-refractivity contribution in [3.8, 4) is 0 Å². The van der Waals surface area contributed by atoms with E-state index in [1.54, 1.807) is 0 Å². The molecule has 1 saturated carbocycles. The van der Waals surface area contributed by atoms with Gasteiger partial charge >= 0.3 is 0 Å². The molecule has 0 spiro atoms. The van der Waals surface area contributed by atoms with E-state index in [1.165, 1.54) is 44.1 Å². The van der Waals surface area contributed by atoms with E-state index in [0.29, 0.717) is 6.04 Å². The van der Waals surface area contributed by atoms with Gasteiger partial charge in [0, 0.05) is 18.2 Å². The van der Waals surface area contributed by atoms with Gasteiger partial charge in [0.1, 0.15) is 0 Å². The number of nitrogens with two attached hydrogens (primary N) is 1. The van der Waals surface area contributed by atoms with Gasteiger partial charge in [-0.05, 0) is 18.4 Å². The molecule has 1 aromatic carbocycles. The lowest BCUT2D eigenvalue weighted by Gasteiger charge is -2.16. The largest absolute Gasteiger partial charge is 0.409 e. The van der Waals surface area contributed by atoms with Gasteiger partial charge in [-0.3, -0.25) is 0 Å². The van der Waals surface area contributed by atoms with Crippen LogP contribution < -0.4 is 11.1 Å². The van der Waals surface area contributed by atoms with Crippen LogP contribution in [0.15, 0.2) is 29.4 Å². The predicted molar refractivity (Wildman–Crippen MR) is 77.3 cm³/mol. The molecule has 104 valence electrons. The maximum Gasteiger partial charge on any atom is 0.170 e. The molecule has 4 N–H and O–H groups in total. The van der Waals surface area contributed by atoms with Crippen molar-refractivity contribution in [2.75, 3.05) is 0 Å². The zero-order valence-electron chi connectivity index (χ0n) is 11.3. The Labute approximate surface area is 114 Å². The molecule has 1 aliphatic carbocycles. The van der Waals surface area contributed by atoms with Crippen LogP contribution in [0.1, 0.15) is 49.7 Å². The lowest BCUT2D eigenvalue weighted by Crippen LogP contribution is -2.27. The molecule has 0 unspecified atom stereocenters. The van der Waals surface area contributed by atoms with E-state index in [4.69, 9.17) is 10.9 Å². The van der Waals surface area contributed by atoms with Gasteiger partial charge in [-0.25, -0.2) is 0 Å². The summed E-state index contributed by atoms with van der Waals surface area (Å²) < 4.78 is 0. The molecule has 1 aromatic rings. The average molecular weight is 261 g/mol. The molecule has 0 atom stereocenters. The van der Waals surface area contributed by atoms with Crippen molar-refractivity contribution in [3.63, 3.8) is 0 Å². The van der Waals surface area contributed by atoms with E-state index in [2.05, 4.69) is 10.5 Å². The Morgan fingerprint density at radius 2 is 1.79 bits per heavy atom. The predicted octanol–water partition coefficient (Wildman–Crippen LogP) is 2.59. The third-order valence-electron chi connectivity index (χ3n) is 3.81. The summed E-state index contributed by atoms with van der Waals surface area (Å²) in [5.74, 6) is 0.156. The number of rotatable bonds is 4. The van der Waals surface area contributed by atoms with Crippen LogP contribution in [0.3, 0.4) is 0 Å². The number of nitrogens with one attached hydrogen (secondary N) is 1. The van der Waals surface area contributed by atoms with Crippen LogP contribution in [0.5, 0.6) is 0 Å².